The first-order chi connectivity index (χ1) is 16.1. The smallest absolute Gasteiger partial charge is 0.223 e. The van der Waals surface area contributed by atoms with Gasteiger partial charge in [-0.1, -0.05) is 23.8 Å². The number of aromatic nitrogens is 2. The van der Waals surface area contributed by atoms with Crippen molar-refractivity contribution in [3.8, 4) is 22.8 Å². The maximum atomic E-state index is 12.8. The highest BCUT2D eigenvalue weighted by Crippen LogP contribution is 2.27. The van der Waals surface area contributed by atoms with Gasteiger partial charge in [-0.25, -0.2) is 9.97 Å². The lowest BCUT2D eigenvalue weighted by atomic mass is 9.95. The van der Waals surface area contributed by atoms with Crippen molar-refractivity contribution in [2.45, 2.75) is 26.3 Å². The Labute approximate surface area is 194 Å². The van der Waals surface area contributed by atoms with Crippen LogP contribution in [0.5, 0.6) is 11.5 Å². The van der Waals surface area contributed by atoms with Crippen molar-refractivity contribution < 1.29 is 14.3 Å². The molecule has 3 aromatic rings. The molecular weight excluding hydrogens is 416 g/mol. The molecule has 2 heterocycles. The Morgan fingerprint density at radius 1 is 1.06 bits per heavy atom. The first kappa shape index (κ1) is 22.6. The number of hydrogen-bond donors (Lipinski definition) is 1. The van der Waals surface area contributed by atoms with E-state index in [1.165, 1.54) is 5.56 Å². The summed E-state index contributed by atoms with van der Waals surface area (Å²) in [5, 5.41) is 3.07. The second-order valence-corrected chi connectivity index (χ2v) is 8.29. The van der Waals surface area contributed by atoms with Gasteiger partial charge in [0.05, 0.1) is 19.9 Å². The van der Waals surface area contributed by atoms with Crippen LogP contribution in [0.25, 0.3) is 11.3 Å². The molecule has 0 saturated carbocycles. The summed E-state index contributed by atoms with van der Waals surface area (Å²) in [6.45, 7) is 4.08. The molecule has 0 atom stereocenters. The fourth-order valence-corrected chi connectivity index (χ4v) is 4.18. The number of ether oxygens (including phenoxy) is 2. The number of carbonyl (C=O) groups excluding carboxylic acids is 1. The second kappa shape index (κ2) is 10.3. The summed E-state index contributed by atoms with van der Waals surface area (Å²) in [7, 11) is 3.24. The van der Waals surface area contributed by atoms with E-state index in [1.807, 2.05) is 30.3 Å². The predicted octanol–water partition coefficient (Wildman–Crippen LogP) is 4.00. The molecule has 1 N–H and O–H groups in total. The number of rotatable bonds is 7. The summed E-state index contributed by atoms with van der Waals surface area (Å²) < 4.78 is 10.7. The topological polar surface area (TPSA) is 76.6 Å². The maximum absolute atomic E-state index is 12.8. The minimum atomic E-state index is -0.0106. The molecular formula is C26H30N4O3. The van der Waals surface area contributed by atoms with Crippen LogP contribution in [-0.2, 0) is 11.3 Å². The van der Waals surface area contributed by atoms with Crippen LogP contribution in [0.15, 0.2) is 54.9 Å². The van der Waals surface area contributed by atoms with Gasteiger partial charge in [-0.2, -0.15) is 0 Å². The van der Waals surface area contributed by atoms with E-state index in [1.54, 1.807) is 20.5 Å². The van der Waals surface area contributed by atoms with Crippen LogP contribution in [0, 0.1) is 12.8 Å². The summed E-state index contributed by atoms with van der Waals surface area (Å²) in [5.41, 5.74) is 4.12. The van der Waals surface area contributed by atoms with Gasteiger partial charge >= 0.3 is 0 Å². The quantitative estimate of drug-likeness (QED) is 0.591. The molecule has 0 unspecified atom stereocenters. The van der Waals surface area contributed by atoms with Crippen LogP contribution in [0.4, 0.5) is 5.82 Å². The molecule has 1 amide bonds. The van der Waals surface area contributed by atoms with Crippen LogP contribution in [-0.4, -0.2) is 43.2 Å². The van der Waals surface area contributed by atoms with E-state index in [-0.39, 0.29) is 11.8 Å². The zero-order valence-electron chi connectivity index (χ0n) is 19.4. The summed E-state index contributed by atoms with van der Waals surface area (Å²) in [4.78, 5) is 23.9. The predicted molar refractivity (Wildman–Crippen MR) is 129 cm³/mol. The molecule has 4 rings (SSSR count). The number of carbonyl (C=O) groups is 1. The van der Waals surface area contributed by atoms with Gasteiger partial charge in [0.1, 0.15) is 23.6 Å². The molecule has 0 bridgehead atoms. The summed E-state index contributed by atoms with van der Waals surface area (Å²) in [6.07, 6.45) is 3.19. The van der Waals surface area contributed by atoms with Gasteiger partial charge in [0.25, 0.3) is 0 Å². The average molecular weight is 447 g/mol. The second-order valence-electron chi connectivity index (χ2n) is 8.29. The Balaban J connectivity index is 1.34. The highest BCUT2D eigenvalue weighted by molar-refractivity contribution is 5.79. The SMILES string of the molecule is COc1ccc(CNC(=O)C2CCN(c3cc(-c4cccc(C)c4)ncn3)CC2)c(OC)c1. The summed E-state index contributed by atoms with van der Waals surface area (Å²) in [6, 6.07) is 16.0. The molecule has 172 valence electrons. The third kappa shape index (κ3) is 5.42. The van der Waals surface area contributed by atoms with Gasteiger partial charge in [0.2, 0.25) is 5.91 Å². The van der Waals surface area contributed by atoms with E-state index in [2.05, 4.69) is 45.3 Å². The number of benzene rings is 2. The molecule has 1 saturated heterocycles. The van der Waals surface area contributed by atoms with Crippen molar-refractivity contribution in [1.82, 2.24) is 15.3 Å². The van der Waals surface area contributed by atoms with Crippen molar-refractivity contribution in [1.29, 1.82) is 0 Å². The highest BCUT2D eigenvalue weighted by Gasteiger charge is 2.26. The van der Waals surface area contributed by atoms with E-state index in [4.69, 9.17) is 9.47 Å². The zero-order chi connectivity index (χ0) is 23.2. The number of methoxy groups -OCH3 is 2. The van der Waals surface area contributed by atoms with Gasteiger partial charge in [0.15, 0.2) is 0 Å². The van der Waals surface area contributed by atoms with Crippen molar-refractivity contribution in [3.63, 3.8) is 0 Å². The molecule has 33 heavy (non-hydrogen) atoms. The van der Waals surface area contributed by atoms with E-state index in [9.17, 15) is 4.79 Å². The van der Waals surface area contributed by atoms with Crippen molar-refractivity contribution >= 4 is 11.7 Å². The van der Waals surface area contributed by atoms with Gasteiger partial charge in [0, 0.05) is 48.8 Å². The van der Waals surface area contributed by atoms with Gasteiger partial charge in [-0.15, -0.1) is 0 Å². The first-order valence-electron chi connectivity index (χ1n) is 11.2. The molecule has 0 aliphatic carbocycles. The minimum absolute atomic E-state index is 0.0106. The molecule has 7 heteroatoms. The van der Waals surface area contributed by atoms with Crippen LogP contribution in [0.1, 0.15) is 24.0 Å². The fourth-order valence-electron chi connectivity index (χ4n) is 4.18. The number of hydrogen-bond acceptors (Lipinski definition) is 6. The number of anilines is 1. The van der Waals surface area contributed by atoms with Crippen LogP contribution >= 0.6 is 0 Å². The Morgan fingerprint density at radius 3 is 2.61 bits per heavy atom. The lowest BCUT2D eigenvalue weighted by molar-refractivity contribution is -0.125. The molecule has 0 spiro atoms. The number of nitrogens with zero attached hydrogens (tertiary/aromatic N) is 3. The van der Waals surface area contributed by atoms with Crippen molar-refractivity contribution in [2.24, 2.45) is 5.92 Å². The van der Waals surface area contributed by atoms with Crippen molar-refractivity contribution in [2.75, 3.05) is 32.2 Å². The van der Waals surface area contributed by atoms with E-state index >= 15 is 0 Å². The Kier molecular flexibility index (Phi) is 7.07. The standard InChI is InChI=1S/C26H30N4O3/c1-18-5-4-6-20(13-18)23-15-25(29-17-28-23)30-11-9-19(10-12-30)26(31)27-16-21-7-8-22(32-2)14-24(21)33-3/h4-8,13-15,17,19H,9-12,16H2,1-3H3,(H,27,31). The number of nitrogens with one attached hydrogen (secondary N) is 1. The summed E-state index contributed by atoms with van der Waals surface area (Å²) in [5.74, 6) is 2.41. The minimum Gasteiger partial charge on any atom is -0.497 e. The molecule has 0 radical (unpaired) electrons. The molecule has 1 aromatic heterocycles. The number of amides is 1. The Morgan fingerprint density at radius 2 is 1.88 bits per heavy atom. The third-order valence-corrected chi connectivity index (χ3v) is 6.10. The number of piperidine rings is 1. The Bertz CT molecular complexity index is 1110. The van der Waals surface area contributed by atoms with Crippen LogP contribution in [0.2, 0.25) is 0 Å². The highest BCUT2D eigenvalue weighted by atomic mass is 16.5. The van der Waals surface area contributed by atoms with Gasteiger partial charge in [-0.05, 0) is 38.0 Å². The van der Waals surface area contributed by atoms with Gasteiger partial charge < -0.3 is 19.7 Å². The largest absolute Gasteiger partial charge is 0.497 e. The molecule has 1 aliphatic rings. The van der Waals surface area contributed by atoms with Crippen LogP contribution < -0.4 is 19.7 Å². The maximum Gasteiger partial charge on any atom is 0.223 e. The average Bonchev–Trinajstić information content (AvgIpc) is 2.87. The molecule has 1 fully saturated rings. The van der Waals surface area contributed by atoms with Crippen molar-refractivity contribution in [3.05, 3.63) is 66.0 Å². The molecule has 7 nitrogen and oxygen atoms in total. The number of aryl methyl sites for hydroxylation is 1. The van der Waals surface area contributed by atoms with Crippen LogP contribution in [0.3, 0.4) is 0 Å². The Hall–Kier alpha value is -3.61. The monoisotopic (exact) mass is 446 g/mol. The van der Waals surface area contributed by atoms with E-state index in [0.29, 0.717) is 12.3 Å². The van der Waals surface area contributed by atoms with Gasteiger partial charge in [-0.3, -0.25) is 4.79 Å². The molecule has 1 aliphatic heterocycles. The third-order valence-electron chi connectivity index (χ3n) is 6.10. The fraction of sp³-hybridized carbons (Fsp3) is 0.346. The lowest BCUT2D eigenvalue weighted by Gasteiger charge is -2.32. The van der Waals surface area contributed by atoms with E-state index < -0.39 is 0 Å². The molecule has 2 aromatic carbocycles. The van der Waals surface area contributed by atoms with E-state index in [0.717, 1.165) is 54.3 Å². The zero-order valence-corrected chi connectivity index (χ0v) is 19.4. The summed E-state index contributed by atoms with van der Waals surface area (Å²) >= 11 is 0. The first-order valence-corrected chi connectivity index (χ1v) is 11.2. The lowest BCUT2D eigenvalue weighted by Crippen LogP contribution is -2.40. The normalized spacial score (nSPS) is 14.1.